The van der Waals surface area contributed by atoms with E-state index in [-0.39, 0.29) is 48.4 Å². The van der Waals surface area contributed by atoms with E-state index in [2.05, 4.69) is 15.2 Å². The maximum absolute atomic E-state index is 12.8. The minimum Gasteiger partial charge on any atom is -0.444 e. The number of hydrogen-bond donors (Lipinski definition) is 1. The lowest BCUT2D eigenvalue weighted by molar-refractivity contribution is 0.00928. The third kappa shape index (κ3) is 10.0. The smallest absolute Gasteiger partial charge is 0.410 e. The molecule has 0 unspecified atom stereocenters. The topological polar surface area (TPSA) is 91.3 Å². The van der Waals surface area contributed by atoms with Crippen LogP contribution in [0.2, 0.25) is 0 Å². The van der Waals surface area contributed by atoms with E-state index >= 15 is 0 Å². The Hall–Kier alpha value is -0.780. The van der Waals surface area contributed by atoms with Gasteiger partial charge in [-0.2, -0.15) is 0 Å². The molecule has 0 bridgehead atoms. The molecule has 2 rings (SSSR count). The number of nitrogens with zero attached hydrogens (tertiary/aromatic N) is 3. The summed E-state index contributed by atoms with van der Waals surface area (Å²) >= 11 is 0. The molecule has 0 aromatic heterocycles. The van der Waals surface area contributed by atoms with Crippen molar-refractivity contribution in [2.45, 2.75) is 65.0 Å². The number of hydrogen-bond acceptors (Lipinski definition) is 5. The lowest BCUT2D eigenvalue weighted by atomic mass is 10.0. The van der Waals surface area contributed by atoms with Crippen LogP contribution in [0.4, 0.5) is 4.79 Å². The molecule has 1 aliphatic carbocycles. The Morgan fingerprint density at radius 3 is 2.27 bits per heavy atom. The van der Waals surface area contributed by atoms with Crippen molar-refractivity contribution >= 4 is 45.9 Å². The van der Waals surface area contributed by atoms with E-state index in [1.165, 1.54) is 19.1 Å². The van der Waals surface area contributed by atoms with E-state index in [0.717, 1.165) is 45.0 Å². The van der Waals surface area contributed by atoms with Crippen LogP contribution in [0.3, 0.4) is 0 Å². The first kappa shape index (κ1) is 27.3. The van der Waals surface area contributed by atoms with Crippen LogP contribution < -0.4 is 5.32 Å². The number of carbonyl (C=O) groups is 1. The van der Waals surface area contributed by atoms with Gasteiger partial charge in [0.05, 0.1) is 12.3 Å². The molecule has 2 aliphatic rings. The van der Waals surface area contributed by atoms with E-state index in [4.69, 9.17) is 4.74 Å². The minimum atomic E-state index is -3.03. The Morgan fingerprint density at radius 2 is 1.80 bits per heavy atom. The van der Waals surface area contributed by atoms with Crippen molar-refractivity contribution in [3.05, 3.63) is 0 Å². The highest BCUT2D eigenvalue weighted by atomic mass is 127. The zero-order chi connectivity index (χ0) is 21.7. The van der Waals surface area contributed by atoms with Crippen molar-refractivity contribution in [2.75, 3.05) is 44.7 Å². The van der Waals surface area contributed by atoms with Gasteiger partial charge in [0.15, 0.2) is 5.96 Å². The molecular formula is C20H39IN4O4S. The molecule has 1 amide bonds. The fraction of sp³-hybridized carbons (Fsp3) is 0.900. The van der Waals surface area contributed by atoms with Gasteiger partial charge in [-0.05, 0) is 59.3 Å². The highest BCUT2D eigenvalue weighted by Crippen LogP contribution is 2.32. The zero-order valence-corrected chi connectivity index (χ0v) is 22.2. The molecule has 1 saturated carbocycles. The number of carbonyl (C=O) groups excluding carboxylic acids is 1. The van der Waals surface area contributed by atoms with Gasteiger partial charge >= 0.3 is 6.09 Å². The first-order chi connectivity index (χ1) is 13.5. The number of guanidine groups is 1. The Kier molecular flexibility index (Phi) is 10.7. The number of amides is 1. The quantitative estimate of drug-likeness (QED) is 0.294. The summed E-state index contributed by atoms with van der Waals surface area (Å²) in [6.07, 6.45) is 5.10. The number of piperidine rings is 1. The summed E-state index contributed by atoms with van der Waals surface area (Å²) in [6, 6.07) is 0.167. The molecule has 2 fully saturated rings. The van der Waals surface area contributed by atoms with E-state index in [1.807, 2.05) is 32.6 Å². The maximum Gasteiger partial charge on any atom is 0.410 e. The lowest BCUT2D eigenvalue weighted by Crippen LogP contribution is -2.52. The van der Waals surface area contributed by atoms with Crippen LogP contribution in [0.5, 0.6) is 0 Å². The summed E-state index contributed by atoms with van der Waals surface area (Å²) < 4.78 is 28.4. The first-order valence-electron chi connectivity index (χ1n) is 10.7. The Morgan fingerprint density at radius 1 is 1.20 bits per heavy atom. The standard InChI is InChI=1S/C20H38N4O4S.HI/c1-6-21-18(22-11-14-29(5,26)27)23-12-9-17(10-13-23)24(15-16-7-8-16)19(25)28-20(2,3)4;/h16-17H,6-15H2,1-5H3,(H,21,22);1H. The van der Waals surface area contributed by atoms with E-state index in [0.29, 0.717) is 5.92 Å². The second kappa shape index (κ2) is 11.7. The van der Waals surface area contributed by atoms with Crippen molar-refractivity contribution in [3.8, 4) is 0 Å². The molecule has 8 nitrogen and oxygen atoms in total. The summed E-state index contributed by atoms with van der Waals surface area (Å²) in [4.78, 5) is 21.4. The summed E-state index contributed by atoms with van der Waals surface area (Å²) in [7, 11) is -3.03. The van der Waals surface area contributed by atoms with Gasteiger partial charge in [-0.25, -0.2) is 13.2 Å². The van der Waals surface area contributed by atoms with Crippen LogP contribution >= 0.6 is 24.0 Å². The maximum atomic E-state index is 12.8. The number of aliphatic imine (C=N–C) groups is 1. The fourth-order valence-corrected chi connectivity index (χ4v) is 3.83. The molecule has 1 N–H and O–H groups in total. The van der Waals surface area contributed by atoms with Crippen molar-refractivity contribution in [3.63, 3.8) is 0 Å². The first-order valence-corrected chi connectivity index (χ1v) is 12.7. The number of halogens is 1. The Bertz CT molecular complexity index is 681. The predicted octanol–water partition coefficient (Wildman–Crippen LogP) is 2.73. The summed E-state index contributed by atoms with van der Waals surface area (Å²) in [5.74, 6) is 1.41. The van der Waals surface area contributed by atoms with Gasteiger partial charge in [-0.3, -0.25) is 4.99 Å². The van der Waals surface area contributed by atoms with Gasteiger partial charge < -0.3 is 19.9 Å². The van der Waals surface area contributed by atoms with Gasteiger partial charge in [0, 0.05) is 38.5 Å². The average Bonchev–Trinajstić information content (AvgIpc) is 3.41. The average molecular weight is 559 g/mol. The van der Waals surface area contributed by atoms with Crippen molar-refractivity contribution in [2.24, 2.45) is 10.9 Å². The Balaban J connectivity index is 0.00000450. The molecule has 0 aromatic carbocycles. The Labute approximate surface area is 199 Å². The third-order valence-corrected chi connectivity index (χ3v) is 5.97. The van der Waals surface area contributed by atoms with Gasteiger partial charge in [0.2, 0.25) is 0 Å². The van der Waals surface area contributed by atoms with Crippen molar-refractivity contribution in [1.29, 1.82) is 0 Å². The number of ether oxygens (including phenoxy) is 1. The van der Waals surface area contributed by atoms with Crippen LogP contribution in [0.1, 0.15) is 53.4 Å². The summed E-state index contributed by atoms with van der Waals surface area (Å²) in [6.45, 7) is 11.0. The number of likely N-dealkylation sites (tertiary alicyclic amines) is 1. The highest BCUT2D eigenvalue weighted by Gasteiger charge is 2.35. The van der Waals surface area contributed by atoms with E-state index in [1.54, 1.807) is 0 Å². The van der Waals surface area contributed by atoms with Crippen LogP contribution in [0, 0.1) is 5.92 Å². The van der Waals surface area contributed by atoms with Crippen LogP contribution in [-0.4, -0.2) is 86.6 Å². The summed E-state index contributed by atoms with van der Waals surface area (Å²) in [5, 5.41) is 3.25. The van der Waals surface area contributed by atoms with Gasteiger partial charge in [-0.1, -0.05) is 0 Å². The van der Waals surface area contributed by atoms with Crippen LogP contribution in [0.25, 0.3) is 0 Å². The summed E-state index contributed by atoms with van der Waals surface area (Å²) in [5.41, 5.74) is -0.496. The van der Waals surface area contributed by atoms with Gasteiger partial charge in [0.1, 0.15) is 15.4 Å². The molecule has 0 atom stereocenters. The second-order valence-corrected chi connectivity index (χ2v) is 11.4. The molecule has 30 heavy (non-hydrogen) atoms. The predicted molar refractivity (Wildman–Crippen MR) is 131 cm³/mol. The SMILES string of the molecule is CCNC(=NCCS(C)(=O)=O)N1CCC(N(CC2CC2)C(=O)OC(C)(C)C)CC1.I. The molecule has 0 radical (unpaired) electrons. The van der Waals surface area contributed by atoms with E-state index < -0.39 is 15.4 Å². The molecule has 0 spiro atoms. The molecule has 1 aliphatic heterocycles. The van der Waals surface area contributed by atoms with Crippen LogP contribution in [0.15, 0.2) is 4.99 Å². The van der Waals surface area contributed by atoms with E-state index in [9.17, 15) is 13.2 Å². The highest BCUT2D eigenvalue weighted by molar-refractivity contribution is 14.0. The van der Waals surface area contributed by atoms with Gasteiger partial charge in [-0.15, -0.1) is 24.0 Å². The molecular weight excluding hydrogens is 519 g/mol. The molecule has 176 valence electrons. The molecule has 0 aromatic rings. The monoisotopic (exact) mass is 558 g/mol. The normalized spacial score (nSPS) is 18.6. The molecule has 10 heteroatoms. The van der Waals surface area contributed by atoms with Crippen molar-refractivity contribution in [1.82, 2.24) is 15.1 Å². The molecule has 1 saturated heterocycles. The number of sulfone groups is 1. The number of rotatable bonds is 7. The fourth-order valence-electron chi connectivity index (χ4n) is 3.40. The number of nitrogens with one attached hydrogen (secondary N) is 1. The van der Waals surface area contributed by atoms with Crippen LogP contribution in [-0.2, 0) is 14.6 Å². The zero-order valence-electron chi connectivity index (χ0n) is 19.0. The van der Waals surface area contributed by atoms with Crippen molar-refractivity contribution < 1.29 is 17.9 Å². The largest absolute Gasteiger partial charge is 0.444 e. The second-order valence-electron chi connectivity index (χ2n) is 9.16. The van der Waals surface area contributed by atoms with Gasteiger partial charge in [0.25, 0.3) is 0 Å². The third-order valence-electron chi connectivity index (χ3n) is 5.04. The lowest BCUT2D eigenvalue weighted by Gasteiger charge is -2.40. The molecule has 1 heterocycles. The minimum absolute atomic E-state index is 0.